The third-order valence-corrected chi connectivity index (χ3v) is 4.67. The molecule has 2 heteroatoms. The molecule has 3 atom stereocenters. The van der Waals surface area contributed by atoms with Crippen LogP contribution in [0.5, 0.6) is 0 Å². The fraction of sp³-hybridized carbons (Fsp3) is 1.00. The second-order valence-electron chi connectivity index (χ2n) is 5.65. The van der Waals surface area contributed by atoms with Gasteiger partial charge >= 0.3 is 0 Å². The van der Waals surface area contributed by atoms with Crippen molar-refractivity contribution in [1.82, 2.24) is 5.32 Å². The van der Waals surface area contributed by atoms with E-state index < -0.39 is 0 Å². The summed E-state index contributed by atoms with van der Waals surface area (Å²) in [7, 11) is 0. The van der Waals surface area contributed by atoms with Crippen LogP contribution in [0.15, 0.2) is 0 Å². The first-order valence-corrected chi connectivity index (χ1v) is 7.12. The van der Waals surface area contributed by atoms with Crippen molar-refractivity contribution >= 4 is 0 Å². The summed E-state index contributed by atoms with van der Waals surface area (Å²) in [6.45, 7) is 7.80. The van der Waals surface area contributed by atoms with Crippen molar-refractivity contribution in [2.24, 2.45) is 17.8 Å². The van der Waals surface area contributed by atoms with Crippen LogP contribution in [0.4, 0.5) is 0 Å². The highest BCUT2D eigenvalue weighted by Gasteiger charge is 2.33. The Bertz CT molecular complexity index is 201. The van der Waals surface area contributed by atoms with E-state index in [1.165, 1.54) is 32.1 Å². The summed E-state index contributed by atoms with van der Waals surface area (Å²) >= 11 is 0. The van der Waals surface area contributed by atoms with E-state index in [9.17, 15) is 0 Å². The molecule has 1 aliphatic heterocycles. The van der Waals surface area contributed by atoms with E-state index in [0.29, 0.717) is 0 Å². The Labute approximate surface area is 100 Å². The van der Waals surface area contributed by atoms with Crippen LogP contribution in [0.2, 0.25) is 0 Å². The van der Waals surface area contributed by atoms with Crippen LogP contribution in [0.25, 0.3) is 0 Å². The lowest BCUT2D eigenvalue weighted by Gasteiger charge is -2.28. The molecule has 1 aliphatic carbocycles. The Kier molecular flexibility index (Phi) is 4.66. The molecule has 0 aromatic carbocycles. The maximum absolute atomic E-state index is 5.44. The number of hydrogen-bond acceptors (Lipinski definition) is 2. The molecule has 16 heavy (non-hydrogen) atoms. The molecule has 1 N–H and O–H groups in total. The monoisotopic (exact) mass is 225 g/mol. The Morgan fingerprint density at radius 3 is 2.56 bits per heavy atom. The van der Waals surface area contributed by atoms with Crippen molar-refractivity contribution in [3.05, 3.63) is 0 Å². The van der Waals surface area contributed by atoms with Gasteiger partial charge < -0.3 is 10.1 Å². The molecule has 94 valence electrons. The molecule has 1 heterocycles. The van der Waals surface area contributed by atoms with Crippen molar-refractivity contribution < 1.29 is 4.74 Å². The molecule has 0 aromatic rings. The minimum atomic E-state index is 0.787. The van der Waals surface area contributed by atoms with Crippen molar-refractivity contribution in [3.8, 4) is 0 Å². The average molecular weight is 225 g/mol. The second-order valence-corrected chi connectivity index (χ2v) is 5.65. The zero-order valence-electron chi connectivity index (χ0n) is 10.9. The SMILES string of the molecule is CCNC1CCC(CC2CCOCC2)C1C. The Balaban J connectivity index is 1.77. The lowest BCUT2D eigenvalue weighted by Crippen LogP contribution is -2.33. The quantitative estimate of drug-likeness (QED) is 0.794. The molecule has 0 spiro atoms. The highest BCUT2D eigenvalue weighted by atomic mass is 16.5. The van der Waals surface area contributed by atoms with Crippen LogP contribution in [0, 0.1) is 17.8 Å². The summed E-state index contributed by atoms with van der Waals surface area (Å²) in [6.07, 6.45) is 6.88. The molecular formula is C14H27NO. The van der Waals surface area contributed by atoms with E-state index in [0.717, 1.165) is 43.6 Å². The van der Waals surface area contributed by atoms with Gasteiger partial charge in [0.1, 0.15) is 0 Å². The predicted octanol–water partition coefficient (Wildman–Crippen LogP) is 2.83. The molecular weight excluding hydrogens is 198 g/mol. The van der Waals surface area contributed by atoms with Gasteiger partial charge in [-0.3, -0.25) is 0 Å². The molecule has 0 radical (unpaired) electrons. The molecule has 2 nitrogen and oxygen atoms in total. The smallest absolute Gasteiger partial charge is 0.0468 e. The standard InChI is InChI=1S/C14H27NO/c1-3-15-14-5-4-13(11(14)2)10-12-6-8-16-9-7-12/h11-15H,3-10H2,1-2H3. The number of rotatable bonds is 4. The summed E-state index contributed by atoms with van der Waals surface area (Å²) in [6, 6.07) is 0.787. The first-order chi connectivity index (χ1) is 7.81. The van der Waals surface area contributed by atoms with Crippen LogP contribution in [-0.4, -0.2) is 25.8 Å². The largest absolute Gasteiger partial charge is 0.381 e. The van der Waals surface area contributed by atoms with E-state index >= 15 is 0 Å². The summed E-state index contributed by atoms with van der Waals surface area (Å²) in [5.74, 6) is 2.79. The van der Waals surface area contributed by atoms with Crippen molar-refractivity contribution in [2.75, 3.05) is 19.8 Å². The van der Waals surface area contributed by atoms with Gasteiger partial charge in [-0.25, -0.2) is 0 Å². The van der Waals surface area contributed by atoms with Gasteiger partial charge in [0.15, 0.2) is 0 Å². The maximum Gasteiger partial charge on any atom is 0.0468 e. The van der Waals surface area contributed by atoms with Crippen molar-refractivity contribution in [3.63, 3.8) is 0 Å². The minimum absolute atomic E-state index is 0.787. The lowest BCUT2D eigenvalue weighted by molar-refractivity contribution is 0.0563. The molecule has 0 aromatic heterocycles. The van der Waals surface area contributed by atoms with Crippen LogP contribution in [0.3, 0.4) is 0 Å². The van der Waals surface area contributed by atoms with Crippen molar-refractivity contribution in [1.29, 1.82) is 0 Å². The summed E-state index contributed by atoms with van der Waals surface area (Å²) in [5.41, 5.74) is 0. The Morgan fingerprint density at radius 2 is 1.88 bits per heavy atom. The zero-order chi connectivity index (χ0) is 11.4. The second kappa shape index (κ2) is 6.02. The normalized spacial score (nSPS) is 36.8. The fourth-order valence-electron chi connectivity index (χ4n) is 3.54. The third kappa shape index (κ3) is 2.98. The van der Waals surface area contributed by atoms with Crippen LogP contribution in [-0.2, 0) is 4.74 Å². The maximum atomic E-state index is 5.44. The van der Waals surface area contributed by atoms with Gasteiger partial charge in [0.2, 0.25) is 0 Å². The van der Waals surface area contributed by atoms with Crippen LogP contribution in [0.1, 0.15) is 46.0 Å². The minimum Gasteiger partial charge on any atom is -0.381 e. The van der Waals surface area contributed by atoms with E-state index in [1.54, 1.807) is 0 Å². The molecule has 0 amide bonds. The summed E-state index contributed by atoms with van der Waals surface area (Å²) in [4.78, 5) is 0. The number of ether oxygens (including phenoxy) is 1. The highest BCUT2D eigenvalue weighted by Crippen LogP contribution is 2.38. The molecule has 3 unspecified atom stereocenters. The van der Waals surface area contributed by atoms with E-state index in [2.05, 4.69) is 19.2 Å². The highest BCUT2D eigenvalue weighted by molar-refractivity contribution is 4.88. The zero-order valence-corrected chi connectivity index (χ0v) is 10.9. The topological polar surface area (TPSA) is 21.3 Å². The van der Waals surface area contributed by atoms with E-state index in [1.807, 2.05) is 0 Å². The van der Waals surface area contributed by atoms with E-state index in [-0.39, 0.29) is 0 Å². The van der Waals surface area contributed by atoms with Crippen LogP contribution < -0.4 is 5.32 Å². The fourth-order valence-corrected chi connectivity index (χ4v) is 3.54. The summed E-state index contributed by atoms with van der Waals surface area (Å²) in [5, 5.41) is 3.64. The molecule has 1 saturated carbocycles. The first-order valence-electron chi connectivity index (χ1n) is 7.12. The Morgan fingerprint density at radius 1 is 1.12 bits per heavy atom. The number of hydrogen-bond donors (Lipinski definition) is 1. The van der Waals surface area contributed by atoms with Gasteiger partial charge in [-0.05, 0) is 56.4 Å². The van der Waals surface area contributed by atoms with Crippen LogP contribution >= 0.6 is 0 Å². The summed E-state index contributed by atoms with van der Waals surface area (Å²) < 4.78 is 5.44. The van der Waals surface area contributed by atoms with Gasteiger partial charge in [0.05, 0.1) is 0 Å². The molecule has 2 fully saturated rings. The number of nitrogens with one attached hydrogen (secondary N) is 1. The predicted molar refractivity (Wildman–Crippen MR) is 67.5 cm³/mol. The van der Waals surface area contributed by atoms with Crippen molar-refractivity contribution in [2.45, 2.75) is 52.0 Å². The average Bonchev–Trinajstić information content (AvgIpc) is 2.64. The van der Waals surface area contributed by atoms with Gasteiger partial charge in [-0.1, -0.05) is 13.8 Å². The van der Waals surface area contributed by atoms with Gasteiger partial charge in [0.25, 0.3) is 0 Å². The first kappa shape index (κ1) is 12.4. The van der Waals surface area contributed by atoms with Gasteiger partial charge in [-0.15, -0.1) is 0 Å². The molecule has 1 saturated heterocycles. The van der Waals surface area contributed by atoms with Gasteiger partial charge in [-0.2, -0.15) is 0 Å². The molecule has 2 rings (SSSR count). The van der Waals surface area contributed by atoms with E-state index in [4.69, 9.17) is 4.74 Å². The lowest BCUT2D eigenvalue weighted by atomic mass is 9.83. The third-order valence-electron chi connectivity index (χ3n) is 4.67. The molecule has 2 aliphatic rings. The molecule has 0 bridgehead atoms. The van der Waals surface area contributed by atoms with Gasteiger partial charge in [0, 0.05) is 19.3 Å². The Hall–Kier alpha value is -0.0800.